The van der Waals surface area contributed by atoms with Crippen molar-refractivity contribution in [3.8, 4) is 0 Å². The van der Waals surface area contributed by atoms with Crippen LogP contribution in [0.15, 0.2) is 22.5 Å². The fourth-order valence-corrected chi connectivity index (χ4v) is 5.68. The molecule has 2 unspecified atom stereocenters. The van der Waals surface area contributed by atoms with Crippen molar-refractivity contribution in [2.24, 2.45) is 22.7 Å². The van der Waals surface area contributed by atoms with Crippen LogP contribution in [0.5, 0.6) is 0 Å². The van der Waals surface area contributed by atoms with E-state index in [9.17, 15) is 24.9 Å². The molecule has 0 amide bonds. The van der Waals surface area contributed by atoms with Gasteiger partial charge in [0, 0.05) is 28.1 Å². The van der Waals surface area contributed by atoms with E-state index in [2.05, 4.69) is 0 Å². The van der Waals surface area contributed by atoms with Gasteiger partial charge in [-0.15, -0.1) is 0 Å². The van der Waals surface area contributed by atoms with Gasteiger partial charge in [-0.2, -0.15) is 0 Å². The molecule has 5 nitrogen and oxygen atoms in total. The Balaban J connectivity index is 2.32. The Labute approximate surface area is 148 Å². The Hall–Kier alpha value is -1.46. The number of aliphatic hydroxyl groups is 3. The van der Waals surface area contributed by atoms with E-state index in [-0.39, 0.29) is 39.7 Å². The summed E-state index contributed by atoms with van der Waals surface area (Å²) in [4.78, 5) is 25.7. The van der Waals surface area contributed by atoms with E-state index in [4.69, 9.17) is 0 Å². The molecule has 0 spiro atoms. The SMILES string of the molecule is CC(C)C1=C(O)C2=C(C(=O)C1=O)[C@@]1(C)CCCC(C)(C)[C@@H]1C(O)C2O. The van der Waals surface area contributed by atoms with Gasteiger partial charge >= 0.3 is 0 Å². The number of carbonyl (C=O) groups excluding carboxylic acids is 2. The summed E-state index contributed by atoms with van der Waals surface area (Å²) in [7, 11) is 0. The van der Waals surface area contributed by atoms with Crippen molar-refractivity contribution >= 4 is 11.6 Å². The molecule has 25 heavy (non-hydrogen) atoms. The normalized spacial score (nSPS) is 38.2. The summed E-state index contributed by atoms with van der Waals surface area (Å²) in [5.41, 5.74) is -0.703. The van der Waals surface area contributed by atoms with E-state index in [1.54, 1.807) is 13.8 Å². The van der Waals surface area contributed by atoms with Crippen molar-refractivity contribution in [1.29, 1.82) is 0 Å². The molecule has 0 bridgehead atoms. The number of ketones is 2. The first-order chi connectivity index (χ1) is 11.4. The van der Waals surface area contributed by atoms with Gasteiger partial charge in [0.05, 0.1) is 6.10 Å². The lowest BCUT2D eigenvalue weighted by Crippen LogP contribution is -2.59. The number of carbonyl (C=O) groups is 2. The van der Waals surface area contributed by atoms with Gasteiger partial charge in [-0.05, 0) is 24.2 Å². The number of Topliss-reactive ketones (excluding diaryl/α,β-unsaturated/α-hetero) is 2. The number of rotatable bonds is 1. The van der Waals surface area contributed by atoms with Crippen molar-refractivity contribution < 1.29 is 24.9 Å². The summed E-state index contributed by atoms with van der Waals surface area (Å²) in [6.45, 7) is 9.40. The van der Waals surface area contributed by atoms with E-state index in [0.29, 0.717) is 6.42 Å². The lowest BCUT2D eigenvalue weighted by molar-refractivity contribution is -0.141. The first-order valence-corrected chi connectivity index (χ1v) is 9.08. The van der Waals surface area contributed by atoms with Gasteiger partial charge in [0.25, 0.3) is 0 Å². The zero-order valence-corrected chi connectivity index (χ0v) is 15.6. The first-order valence-electron chi connectivity index (χ1n) is 9.08. The second-order valence-corrected chi connectivity index (χ2v) is 9.04. The van der Waals surface area contributed by atoms with E-state index >= 15 is 0 Å². The molecule has 4 atom stereocenters. The molecule has 0 aromatic rings. The maximum Gasteiger partial charge on any atom is 0.233 e. The van der Waals surface area contributed by atoms with Crippen LogP contribution in [-0.4, -0.2) is 39.1 Å². The molecule has 5 heteroatoms. The lowest BCUT2D eigenvalue weighted by atomic mass is 9.47. The number of allylic oxidation sites excluding steroid dienone is 2. The molecule has 0 aliphatic heterocycles. The van der Waals surface area contributed by atoms with Crippen LogP contribution in [0.25, 0.3) is 0 Å². The third kappa shape index (κ3) is 2.28. The van der Waals surface area contributed by atoms with Gasteiger partial charge in [-0.3, -0.25) is 9.59 Å². The smallest absolute Gasteiger partial charge is 0.233 e. The summed E-state index contributed by atoms with van der Waals surface area (Å²) < 4.78 is 0. The third-order valence-corrected chi connectivity index (χ3v) is 6.61. The molecule has 3 aliphatic carbocycles. The maximum atomic E-state index is 13.0. The third-order valence-electron chi connectivity index (χ3n) is 6.61. The summed E-state index contributed by atoms with van der Waals surface area (Å²) in [6.07, 6.45) is -0.0666. The Kier molecular flexibility index (Phi) is 4.05. The van der Waals surface area contributed by atoms with Crippen LogP contribution in [-0.2, 0) is 9.59 Å². The maximum absolute atomic E-state index is 13.0. The van der Waals surface area contributed by atoms with Gasteiger partial charge in [0.1, 0.15) is 11.9 Å². The number of aliphatic hydroxyl groups excluding tert-OH is 3. The van der Waals surface area contributed by atoms with Crippen molar-refractivity contribution in [3.63, 3.8) is 0 Å². The molecule has 3 aliphatic rings. The minimum absolute atomic E-state index is 0.0344. The van der Waals surface area contributed by atoms with Gasteiger partial charge in [0.15, 0.2) is 0 Å². The van der Waals surface area contributed by atoms with Gasteiger partial charge < -0.3 is 15.3 Å². The average molecular weight is 348 g/mol. The molecule has 3 N–H and O–H groups in total. The summed E-state index contributed by atoms with van der Waals surface area (Å²) in [5.74, 6) is -2.33. The summed E-state index contributed by atoms with van der Waals surface area (Å²) in [5, 5.41) is 32.4. The van der Waals surface area contributed by atoms with Crippen molar-refractivity contribution in [2.75, 3.05) is 0 Å². The largest absolute Gasteiger partial charge is 0.507 e. The lowest BCUT2D eigenvalue weighted by Gasteiger charge is -2.57. The van der Waals surface area contributed by atoms with Gasteiger partial charge in [-0.1, -0.05) is 41.0 Å². The van der Waals surface area contributed by atoms with Crippen molar-refractivity contribution in [2.45, 2.75) is 66.1 Å². The number of fused-ring (bicyclic) bond motifs is 2. The molecule has 0 heterocycles. The minimum Gasteiger partial charge on any atom is -0.507 e. The zero-order valence-electron chi connectivity index (χ0n) is 15.6. The molecular weight excluding hydrogens is 320 g/mol. The van der Waals surface area contributed by atoms with Crippen molar-refractivity contribution in [1.82, 2.24) is 0 Å². The quantitative estimate of drug-likeness (QED) is 0.500. The second-order valence-electron chi connectivity index (χ2n) is 9.04. The van der Waals surface area contributed by atoms with Crippen LogP contribution in [0.1, 0.15) is 53.9 Å². The van der Waals surface area contributed by atoms with Crippen LogP contribution in [0.3, 0.4) is 0 Å². The standard InChI is InChI=1S/C20H28O5/c1-9(2)10-13(21)11-12(16(24)14(10)22)20(5)8-6-7-19(3,4)18(20)17(25)15(11)23/h9,15,17-18,21,23,25H,6-8H2,1-5H3/t15?,17?,18-,20+/m0/s1. The fourth-order valence-electron chi connectivity index (χ4n) is 5.68. The topological polar surface area (TPSA) is 94.8 Å². The van der Waals surface area contributed by atoms with Crippen molar-refractivity contribution in [3.05, 3.63) is 22.5 Å². The molecule has 0 saturated heterocycles. The van der Waals surface area contributed by atoms with Gasteiger partial charge in [0.2, 0.25) is 11.6 Å². The Morgan fingerprint density at radius 3 is 2.20 bits per heavy atom. The molecule has 0 aromatic carbocycles. The van der Waals surface area contributed by atoms with E-state index in [1.807, 2.05) is 20.8 Å². The Bertz CT molecular complexity index is 712. The average Bonchev–Trinajstić information content (AvgIpc) is 2.47. The second kappa shape index (κ2) is 5.52. The summed E-state index contributed by atoms with van der Waals surface area (Å²) >= 11 is 0. The van der Waals surface area contributed by atoms with Crippen LogP contribution in [0.2, 0.25) is 0 Å². The predicted molar refractivity (Wildman–Crippen MR) is 92.8 cm³/mol. The molecule has 1 fully saturated rings. The highest BCUT2D eigenvalue weighted by Gasteiger charge is 2.61. The Morgan fingerprint density at radius 2 is 1.64 bits per heavy atom. The molecule has 0 radical (unpaired) electrons. The number of hydrogen-bond acceptors (Lipinski definition) is 5. The molecular formula is C20H28O5. The van der Waals surface area contributed by atoms with Crippen LogP contribution >= 0.6 is 0 Å². The monoisotopic (exact) mass is 348 g/mol. The summed E-state index contributed by atoms with van der Waals surface area (Å²) in [6, 6.07) is 0. The van der Waals surface area contributed by atoms with E-state index < -0.39 is 29.2 Å². The van der Waals surface area contributed by atoms with E-state index in [0.717, 1.165) is 12.8 Å². The first kappa shape index (κ1) is 18.3. The molecule has 1 saturated carbocycles. The van der Waals surface area contributed by atoms with Crippen LogP contribution < -0.4 is 0 Å². The van der Waals surface area contributed by atoms with Crippen LogP contribution in [0.4, 0.5) is 0 Å². The van der Waals surface area contributed by atoms with Crippen LogP contribution in [0, 0.1) is 22.7 Å². The minimum atomic E-state index is -1.36. The molecule has 138 valence electrons. The fraction of sp³-hybridized carbons (Fsp3) is 0.700. The zero-order chi connectivity index (χ0) is 18.9. The highest BCUT2D eigenvalue weighted by atomic mass is 16.3. The Morgan fingerprint density at radius 1 is 1.04 bits per heavy atom. The molecule has 0 aromatic heterocycles. The number of hydrogen-bond donors (Lipinski definition) is 3. The highest BCUT2D eigenvalue weighted by molar-refractivity contribution is 6.50. The highest BCUT2D eigenvalue weighted by Crippen LogP contribution is 2.61. The molecule has 3 rings (SSSR count). The predicted octanol–water partition coefficient (Wildman–Crippen LogP) is 2.47. The van der Waals surface area contributed by atoms with Gasteiger partial charge in [-0.25, -0.2) is 0 Å². The van der Waals surface area contributed by atoms with E-state index in [1.165, 1.54) is 0 Å².